The molecule has 1 aromatic heterocycles. The normalized spacial score (nSPS) is 15.3. The van der Waals surface area contributed by atoms with Crippen LogP contribution in [0.25, 0.3) is 22.0 Å². The van der Waals surface area contributed by atoms with E-state index in [1.807, 2.05) is 18.2 Å². The summed E-state index contributed by atoms with van der Waals surface area (Å²) in [5.41, 5.74) is 4.86. The van der Waals surface area contributed by atoms with Crippen molar-refractivity contribution in [3.63, 3.8) is 0 Å². The Morgan fingerprint density at radius 3 is 2.41 bits per heavy atom. The van der Waals surface area contributed by atoms with Gasteiger partial charge >= 0.3 is 0 Å². The number of hydrogen-bond acceptors (Lipinski definition) is 5. The van der Waals surface area contributed by atoms with Crippen LogP contribution in [0.2, 0.25) is 0 Å². The summed E-state index contributed by atoms with van der Waals surface area (Å²) in [7, 11) is 1.68. The van der Waals surface area contributed by atoms with Crippen molar-refractivity contribution in [2.24, 2.45) is 0 Å². The minimum Gasteiger partial charge on any atom is -0.496 e. The second-order valence-corrected chi connectivity index (χ2v) is 7.49. The molecule has 4 rings (SSSR count). The average molecular weight is 386 g/mol. The molecule has 2 aromatic carbocycles. The van der Waals surface area contributed by atoms with Crippen molar-refractivity contribution in [3.05, 3.63) is 59.8 Å². The van der Waals surface area contributed by atoms with Gasteiger partial charge in [0, 0.05) is 49.9 Å². The van der Waals surface area contributed by atoms with Crippen molar-refractivity contribution in [3.8, 4) is 22.9 Å². The van der Waals surface area contributed by atoms with E-state index in [0.717, 1.165) is 67.0 Å². The second-order valence-electron chi connectivity index (χ2n) is 7.49. The minimum atomic E-state index is 0.552. The number of pyridine rings is 1. The molecule has 2 heterocycles. The molecule has 0 radical (unpaired) electrons. The summed E-state index contributed by atoms with van der Waals surface area (Å²) in [6, 6.07) is 16.7. The van der Waals surface area contributed by atoms with Gasteiger partial charge in [0.1, 0.15) is 11.8 Å². The maximum absolute atomic E-state index is 9.10. The molecule has 1 saturated heterocycles. The van der Waals surface area contributed by atoms with Crippen molar-refractivity contribution in [1.29, 1.82) is 5.26 Å². The summed E-state index contributed by atoms with van der Waals surface area (Å²) in [6.07, 6.45) is 1.61. The number of piperazine rings is 1. The molecule has 0 bridgehead atoms. The van der Waals surface area contributed by atoms with Gasteiger partial charge in [0.15, 0.2) is 0 Å². The first kappa shape index (κ1) is 19.4. The van der Waals surface area contributed by atoms with Crippen LogP contribution in [-0.4, -0.2) is 54.6 Å². The third kappa shape index (κ3) is 4.24. The number of benzene rings is 2. The molecule has 5 heteroatoms. The molecule has 0 amide bonds. The highest BCUT2D eigenvalue weighted by atomic mass is 16.5. The van der Waals surface area contributed by atoms with Crippen molar-refractivity contribution in [1.82, 2.24) is 14.8 Å². The molecule has 3 aromatic rings. The molecule has 1 fully saturated rings. The van der Waals surface area contributed by atoms with E-state index in [9.17, 15) is 0 Å². The Morgan fingerprint density at radius 2 is 1.76 bits per heavy atom. The Balaban J connectivity index is 1.55. The van der Waals surface area contributed by atoms with E-state index in [1.165, 1.54) is 5.56 Å². The fourth-order valence-corrected chi connectivity index (χ4v) is 3.92. The van der Waals surface area contributed by atoms with Crippen molar-refractivity contribution >= 4 is 10.9 Å². The molecule has 1 aliphatic heterocycles. The largest absolute Gasteiger partial charge is 0.496 e. The molecule has 0 aliphatic carbocycles. The predicted molar refractivity (Wildman–Crippen MR) is 116 cm³/mol. The SMILES string of the molecule is CCN1CCN(Cc2ccc(-c3cc4ncc(C#N)cc4cc3OC)cc2)CC1. The lowest BCUT2D eigenvalue weighted by atomic mass is 10.0. The predicted octanol–water partition coefficient (Wildman–Crippen LogP) is 3.92. The van der Waals surface area contributed by atoms with Gasteiger partial charge < -0.3 is 9.64 Å². The summed E-state index contributed by atoms with van der Waals surface area (Å²) < 4.78 is 5.63. The van der Waals surface area contributed by atoms with Crippen molar-refractivity contribution in [2.75, 3.05) is 39.8 Å². The van der Waals surface area contributed by atoms with E-state index in [0.29, 0.717) is 5.56 Å². The Morgan fingerprint density at radius 1 is 1.03 bits per heavy atom. The third-order valence-electron chi connectivity index (χ3n) is 5.71. The fourth-order valence-electron chi connectivity index (χ4n) is 3.92. The number of nitrogens with zero attached hydrogens (tertiary/aromatic N) is 4. The molecule has 0 spiro atoms. The smallest absolute Gasteiger partial charge is 0.127 e. The summed E-state index contributed by atoms with van der Waals surface area (Å²) in [5, 5.41) is 10.0. The van der Waals surface area contributed by atoms with Crippen molar-refractivity contribution in [2.45, 2.75) is 13.5 Å². The molecule has 29 heavy (non-hydrogen) atoms. The van der Waals surface area contributed by atoms with E-state index in [-0.39, 0.29) is 0 Å². The maximum atomic E-state index is 9.10. The Labute approximate surface area is 172 Å². The van der Waals surface area contributed by atoms with Gasteiger partial charge in [-0.15, -0.1) is 0 Å². The Hall–Kier alpha value is -2.94. The number of fused-ring (bicyclic) bond motifs is 1. The van der Waals surface area contributed by atoms with Crippen LogP contribution in [0, 0.1) is 11.3 Å². The lowest BCUT2D eigenvalue weighted by molar-refractivity contribution is 0.132. The van der Waals surface area contributed by atoms with Gasteiger partial charge in [-0.1, -0.05) is 31.2 Å². The number of methoxy groups -OCH3 is 1. The van der Waals surface area contributed by atoms with Gasteiger partial charge in [0.05, 0.1) is 18.2 Å². The standard InChI is InChI=1S/C24H26N4O/c1-3-27-8-10-28(11-9-27)17-18-4-6-20(7-5-18)22-14-23-21(13-24(22)29-2)12-19(15-25)16-26-23/h4-7,12-14,16H,3,8-11,17H2,1-2H3. The number of aromatic nitrogens is 1. The fraction of sp³-hybridized carbons (Fsp3) is 0.333. The van der Waals surface area contributed by atoms with Crippen LogP contribution in [0.4, 0.5) is 0 Å². The summed E-state index contributed by atoms with van der Waals surface area (Å²) in [5.74, 6) is 0.790. The summed E-state index contributed by atoms with van der Waals surface area (Å²) in [4.78, 5) is 9.45. The topological polar surface area (TPSA) is 52.4 Å². The van der Waals surface area contributed by atoms with E-state index in [2.05, 4.69) is 52.0 Å². The summed E-state index contributed by atoms with van der Waals surface area (Å²) in [6.45, 7) is 8.93. The zero-order valence-electron chi connectivity index (χ0n) is 17.1. The van der Waals surface area contributed by atoms with Gasteiger partial charge in [-0.3, -0.25) is 9.88 Å². The average Bonchev–Trinajstić information content (AvgIpc) is 2.78. The number of ether oxygens (including phenoxy) is 1. The number of nitriles is 1. The van der Waals surface area contributed by atoms with E-state index in [1.54, 1.807) is 13.3 Å². The van der Waals surface area contributed by atoms with Crippen LogP contribution in [0.15, 0.2) is 48.7 Å². The molecular formula is C24H26N4O. The zero-order valence-corrected chi connectivity index (χ0v) is 17.1. The van der Waals surface area contributed by atoms with Crippen LogP contribution >= 0.6 is 0 Å². The lowest BCUT2D eigenvalue weighted by Gasteiger charge is -2.34. The minimum absolute atomic E-state index is 0.552. The molecule has 1 aliphatic rings. The maximum Gasteiger partial charge on any atom is 0.127 e. The van der Waals surface area contributed by atoms with Gasteiger partial charge in [-0.05, 0) is 35.9 Å². The van der Waals surface area contributed by atoms with E-state index >= 15 is 0 Å². The van der Waals surface area contributed by atoms with Crippen LogP contribution in [-0.2, 0) is 6.54 Å². The van der Waals surface area contributed by atoms with Crippen molar-refractivity contribution < 1.29 is 4.74 Å². The van der Waals surface area contributed by atoms with Gasteiger partial charge in [-0.25, -0.2) is 0 Å². The highest BCUT2D eigenvalue weighted by molar-refractivity contribution is 5.88. The van der Waals surface area contributed by atoms with E-state index < -0.39 is 0 Å². The first-order valence-corrected chi connectivity index (χ1v) is 10.1. The van der Waals surface area contributed by atoms with Crippen LogP contribution < -0.4 is 4.74 Å². The highest BCUT2D eigenvalue weighted by Gasteiger charge is 2.16. The Kier molecular flexibility index (Phi) is 5.75. The number of hydrogen-bond donors (Lipinski definition) is 0. The van der Waals surface area contributed by atoms with Crippen LogP contribution in [0.3, 0.4) is 0 Å². The zero-order chi connectivity index (χ0) is 20.2. The third-order valence-corrected chi connectivity index (χ3v) is 5.71. The Bertz CT molecular complexity index is 1030. The quantitative estimate of drug-likeness (QED) is 0.665. The lowest BCUT2D eigenvalue weighted by Crippen LogP contribution is -2.45. The first-order valence-electron chi connectivity index (χ1n) is 10.1. The van der Waals surface area contributed by atoms with Crippen LogP contribution in [0.1, 0.15) is 18.1 Å². The summed E-state index contributed by atoms with van der Waals surface area (Å²) >= 11 is 0. The molecule has 148 valence electrons. The molecule has 0 atom stereocenters. The molecule has 0 saturated carbocycles. The molecular weight excluding hydrogens is 360 g/mol. The first-order chi connectivity index (χ1) is 14.2. The van der Waals surface area contributed by atoms with Crippen LogP contribution in [0.5, 0.6) is 5.75 Å². The monoisotopic (exact) mass is 386 g/mol. The number of likely N-dealkylation sites (N-methyl/N-ethyl adjacent to an activating group) is 1. The molecule has 0 N–H and O–H groups in total. The highest BCUT2D eigenvalue weighted by Crippen LogP contribution is 2.34. The molecule has 5 nitrogen and oxygen atoms in total. The van der Waals surface area contributed by atoms with Gasteiger partial charge in [0.25, 0.3) is 0 Å². The molecule has 0 unspecified atom stereocenters. The van der Waals surface area contributed by atoms with Gasteiger partial charge in [0.2, 0.25) is 0 Å². The number of rotatable bonds is 5. The second kappa shape index (κ2) is 8.60. The van der Waals surface area contributed by atoms with E-state index in [4.69, 9.17) is 10.00 Å². The van der Waals surface area contributed by atoms with Gasteiger partial charge in [-0.2, -0.15) is 5.26 Å².